The maximum absolute atomic E-state index is 13.5. The van der Waals surface area contributed by atoms with Crippen LogP contribution in [0.15, 0.2) is 24.1 Å². The van der Waals surface area contributed by atoms with Crippen LogP contribution in [-0.4, -0.2) is 12.2 Å². The summed E-state index contributed by atoms with van der Waals surface area (Å²) in [7, 11) is 0. The summed E-state index contributed by atoms with van der Waals surface area (Å²) in [6.07, 6.45) is 5.50. The first-order chi connectivity index (χ1) is 6.79. The van der Waals surface area contributed by atoms with E-state index in [4.69, 9.17) is 4.74 Å². The lowest BCUT2D eigenvalue weighted by molar-refractivity contribution is -0.0256. The predicted octanol–water partition coefficient (Wildman–Crippen LogP) is 1.56. The number of nitriles is 1. The molecule has 4 aliphatic rings. The van der Waals surface area contributed by atoms with E-state index in [1.807, 2.05) is 12.2 Å². The van der Waals surface area contributed by atoms with Gasteiger partial charge in [0.05, 0.1) is 23.7 Å². The Morgan fingerprint density at radius 1 is 1.43 bits per heavy atom. The van der Waals surface area contributed by atoms with Crippen molar-refractivity contribution in [3.05, 3.63) is 24.1 Å². The van der Waals surface area contributed by atoms with Crippen LogP contribution < -0.4 is 0 Å². The van der Waals surface area contributed by atoms with Gasteiger partial charge in [-0.05, 0) is 6.08 Å². The molecule has 4 rings (SSSR count). The number of hydrogen-bond donors (Lipinski definition) is 0. The first-order valence-corrected chi connectivity index (χ1v) is 4.91. The standard InChI is InChI=1S/C11H8FNO/c12-6-3-5-7-1-2-8(14-7)10-9(6)11(5,10)4-13/h1-3,5,7-10H/t5?,7-,8+,9?,10?,11-/m1/s1. The van der Waals surface area contributed by atoms with Crippen molar-refractivity contribution in [1.82, 2.24) is 0 Å². The van der Waals surface area contributed by atoms with Crippen LogP contribution >= 0.6 is 0 Å². The Bertz CT molecular complexity index is 435. The van der Waals surface area contributed by atoms with Gasteiger partial charge in [0.2, 0.25) is 0 Å². The number of rotatable bonds is 0. The van der Waals surface area contributed by atoms with Crippen LogP contribution in [0.5, 0.6) is 0 Å². The molecule has 2 nitrogen and oxygen atoms in total. The maximum Gasteiger partial charge on any atom is 0.102 e. The predicted molar refractivity (Wildman–Crippen MR) is 45.5 cm³/mol. The summed E-state index contributed by atoms with van der Waals surface area (Å²) in [6.45, 7) is 0. The molecule has 1 saturated heterocycles. The fourth-order valence-corrected chi connectivity index (χ4v) is 3.62. The van der Waals surface area contributed by atoms with E-state index >= 15 is 0 Å². The van der Waals surface area contributed by atoms with E-state index < -0.39 is 5.41 Å². The maximum atomic E-state index is 13.5. The molecule has 0 aromatic carbocycles. The molecular formula is C11H8FNO. The summed E-state index contributed by atoms with van der Waals surface area (Å²) >= 11 is 0. The van der Waals surface area contributed by atoms with Crippen LogP contribution in [0.25, 0.3) is 0 Å². The molecule has 1 saturated carbocycles. The first-order valence-electron chi connectivity index (χ1n) is 4.91. The SMILES string of the molecule is N#C[C@]12C3C(F)=CC1[C@H]1C=C[C@H](O1)C32. The molecule has 14 heavy (non-hydrogen) atoms. The summed E-state index contributed by atoms with van der Waals surface area (Å²) < 4.78 is 19.2. The van der Waals surface area contributed by atoms with E-state index in [1.165, 1.54) is 0 Å². The molecule has 0 spiro atoms. The van der Waals surface area contributed by atoms with E-state index in [9.17, 15) is 9.65 Å². The molecule has 2 aliphatic heterocycles. The number of ether oxygens (including phenoxy) is 1. The molecular weight excluding hydrogens is 181 g/mol. The zero-order valence-corrected chi connectivity index (χ0v) is 7.35. The summed E-state index contributed by atoms with van der Waals surface area (Å²) in [5.74, 6) is -0.212. The average molecular weight is 189 g/mol. The monoisotopic (exact) mass is 189 g/mol. The lowest BCUT2D eigenvalue weighted by Gasteiger charge is -2.30. The van der Waals surface area contributed by atoms with Crippen LogP contribution in [0.3, 0.4) is 0 Å². The van der Waals surface area contributed by atoms with Gasteiger partial charge in [-0.2, -0.15) is 5.26 Å². The minimum atomic E-state index is -0.457. The summed E-state index contributed by atoms with van der Waals surface area (Å²) in [6, 6.07) is 2.34. The zero-order valence-electron chi connectivity index (χ0n) is 7.35. The quantitative estimate of drug-likeness (QED) is 0.542. The van der Waals surface area contributed by atoms with Crippen molar-refractivity contribution in [1.29, 1.82) is 5.26 Å². The van der Waals surface area contributed by atoms with Crippen molar-refractivity contribution in [3.8, 4) is 6.07 Å². The second kappa shape index (κ2) is 1.80. The molecule has 70 valence electrons. The second-order valence-electron chi connectivity index (χ2n) is 4.58. The highest BCUT2D eigenvalue weighted by Gasteiger charge is 2.79. The third-order valence-electron chi connectivity index (χ3n) is 4.21. The summed E-state index contributed by atoms with van der Waals surface area (Å²) in [5, 5.41) is 9.22. The van der Waals surface area contributed by atoms with Gasteiger partial charge >= 0.3 is 0 Å². The van der Waals surface area contributed by atoms with E-state index in [-0.39, 0.29) is 35.8 Å². The lowest BCUT2D eigenvalue weighted by Crippen LogP contribution is -2.35. The molecule has 2 bridgehead atoms. The van der Waals surface area contributed by atoms with Crippen molar-refractivity contribution >= 4 is 0 Å². The van der Waals surface area contributed by atoms with Gasteiger partial charge in [-0.15, -0.1) is 0 Å². The van der Waals surface area contributed by atoms with Crippen LogP contribution in [0.4, 0.5) is 4.39 Å². The van der Waals surface area contributed by atoms with Gasteiger partial charge < -0.3 is 4.74 Å². The van der Waals surface area contributed by atoms with Gasteiger partial charge in [0, 0.05) is 17.8 Å². The van der Waals surface area contributed by atoms with Crippen LogP contribution in [-0.2, 0) is 4.74 Å². The molecule has 0 radical (unpaired) electrons. The largest absolute Gasteiger partial charge is 0.366 e. The highest BCUT2D eigenvalue weighted by atomic mass is 19.1. The molecule has 0 N–H and O–H groups in total. The van der Waals surface area contributed by atoms with Gasteiger partial charge in [0.1, 0.15) is 5.83 Å². The Labute approximate surface area is 80.7 Å². The molecule has 0 aromatic rings. The number of allylic oxidation sites excluding steroid dienone is 1. The fourth-order valence-electron chi connectivity index (χ4n) is 3.62. The third kappa shape index (κ3) is 0.481. The number of halogens is 1. The minimum absolute atomic E-state index is 0.0136. The Morgan fingerprint density at radius 2 is 2.21 bits per heavy atom. The van der Waals surface area contributed by atoms with E-state index in [0.29, 0.717) is 0 Å². The van der Waals surface area contributed by atoms with Gasteiger partial charge in [0.15, 0.2) is 0 Å². The van der Waals surface area contributed by atoms with Gasteiger partial charge in [-0.3, -0.25) is 0 Å². The highest BCUT2D eigenvalue weighted by molar-refractivity contribution is 5.46. The summed E-state index contributed by atoms with van der Waals surface area (Å²) in [5.41, 5.74) is -0.457. The Balaban J connectivity index is 1.94. The molecule has 0 aromatic heterocycles. The average Bonchev–Trinajstić information content (AvgIpc) is 2.52. The normalized spacial score (nSPS) is 60.6. The van der Waals surface area contributed by atoms with E-state index in [1.54, 1.807) is 6.08 Å². The first kappa shape index (κ1) is 7.19. The third-order valence-corrected chi connectivity index (χ3v) is 4.21. The Morgan fingerprint density at radius 3 is 3.00 bits per heavy atom. The van der Waals surface area contributed by atoms with Crippen molar-refractivity contribution in [2.75, 3.05) is 0 Å². The number of nitrogens with zero attached hydrogens (tertiary/aromatic N) is 1. The number of fused-ring (bicyclic) bond motifs is 5. The van der Waals surface area contributed by atoms with Crippen molar-refractivity contribution < 1.29 is 9.13 Å². The minimum Gasteiger partial charge on any atom is -0.366 e. The summed E-state index contributed by atoms with van der Waals surface area (Å²) in [4.78, 5) is 0. The molecule has 3 heteroatoms. The van der Waals surface area contributed by atoms with Crippen molar-refractivity contribution in [3.63, 3.8) is 0 Å². The molecule has 6 atom stereocenters. The van der Waals surface area contributed by atoms with Gasteiger partial charge in [-0.1, -0.05) is 12.2 Å². The molecule has 2 aliphatic carbocycles. The van der Waals surface area contributed by atoms with E-state index in [2.05, 4.69) is 6.07 Å². The molecule has 0 amide bonds. The smallest absolute Gasteiger partial charge is 0.102 e. The highest BCUT2D eigenvalue weighted by Crippen LogP contribution is 2.76. The zero-order chi connectivity index (χ0) is 9.50. The van der Waals surface area contributed by atoms with Gasteiger partial charge in [-0.25, -0.2) is 4.39 Å². The lowest BCUT2D eigenvalue weighted by atomic mass is 9.84. The fraction of sp³-hybridized carbons (Fsp3) is 0.545. The van der Waals surface area contributed by atoms with Gasteiger partial charge in [0.25, 0.3) is 0 Å². The molecule has 2 heterocycles. The molecule has 2 fully saturated rings. The van der Waals surface area contributed by atoms with Crippen molar-refractivity contribution in [2.24, 2.45) is 23.2 Å². The Kier molecular flexibility index (Phi) is 0.926. The molecule has 3 unspecified atom stereocenters. The number of hydrogen-bond acceptors (Lipinski definition) is 2. The second-order valence-corrected chi connectivity index (χ2v) is 4.58. The van der Waals surface area contributed by atoms with Crippen LogP contribution in [0.2, 0.25) is 0 Å². The van der Waals surface area contributed by atoms with Crippen molar-refractivity contribution in [2.45, 2.75) is 12.2 Å². The van der Waals surface area contributed by atoms with Crippen LogP contribution in [0, 0.1) is 34.5 Å². The van der Waals surface area contributed by atoms with Crippen LogP contribution in [0.1, 0.15) is 0 Å². The topological polar surface area (TPSA) is 33.0 Å². The van der Waals surface area contributed by atoms with E-state index in [0.717, 1.165) is 0 Å². The Hall–Kier alpha value is -1.14.